The van der Waals surface area contributed by atoms with E-state index in [4.69, 9.17) is 0 Å². The summed E-state index contributed by atoms with van der Waals surface area (Å²) in [5, 5.41) is 0. The molecule has 2 rings (SSSR count). The van der Waals surface area contributed by atoms with Crippen molar-refractivity contribution in [3.8, 4) is 0 Å². The summed E-state index contributed by atoms with van der Waals surface area (Å²) in [6.07, 6.45) is 2.33. The summed E-state index contributed by atoms with van der Waals surface area (Å²) in [7, 11) is 0. The Balaban J connectivity index is 2.44. The standard InChI is InChI=1S/C11H11NO2/c13-8-12-7-3-5-9-4-1-2-6-10(9)11(12)14/h1-2,4,6,8H,3,5,7H2. The first kappa shape index (κ1) is 8.94. The van der Waals surface area contributed by atoms with Gasteiger partial charge in [-0.15, -0.1) is 0 Å². The van der Waals surface area contributed by atoms with Crippen LogP contribution in [0.2, 0.25) is 0 Å². The van der Waals surface area contributed by atoms with Crippen LogP contribution in [-0.4, -0.2) is 23.8 Å². The fourth-order valence-corrected chi connectivity index (χ4v) is 1.74. The Morgan fingerprint density at radius 3 is 2.86 bits per heavy atom. The van der Waals surface area contributed by atoms with Crippen molar-refractivity contribution in [2.75, 3.05) is 6.54 Å². The van der Waals surface area contributed by atoms with Crippen LogP contribution in [0, 0.1) is 0 Å². The average Bonchev–Trinajstić information content (AvgIpc) is 2.39. The second-order valence-electron chi connectivity index (χ2n) is 3.36. The third-order valence-corrected chi connectivity index (χ3v) is 2.48. The molecule has 3 heteroatoms. The highest BCUT2D eigenvalue weighted by Crippen LogP contribution is 2.17. The predicted octanol–water partition coefficient (Wildman–Crippen LogP) is 1.23. The Bertz CT molecular complexity index is 373. The molecule has 0 saturated carbocycles. The Kier molecular flexibility index (Phi) is 2.31. The van der Waals surface area contributed by atoms with Gasteiger partial charge in [-0.2, -0.15) is 0 Å². The third kappa shape index (κ3) is 1.41. The first-order valence-electron chi connectivity index (χ1n) is 4.67. The van der Waals surface area contributed by atoms with Crippen molar-refractivity contribution in [1.29, 1.82) is 0 Å². The molecule has 1 heterocycles. The minimum Gasteiger partial charge on any atom is -0.281 e. The van der Waals surface area contributed by atoms with Gasteiger partial charge in [-0.25, -0.2) is 0 Å². The van der Waals surface area contributed by atoms with E-state index in [0.29, 0.717) is 18.5 Å². The molecule has 3 nitrogen and oxygen atoms in total. The van der Waals surface area contributed by atoms with Crippen molar-refractivity contribution in [2.45, 2.75) is 12.8 Å². The number of nitrogens with zero attached hydrogens (tertiary/aromatic N) is 1. The van der Waals surface area contributed by atoms with Gasteiger partial charge < -0.3 is 0 Å². The zero-order valence-electron chi connectivity index (χ0n) is 7.77. The van der Waals surface area contributed by atoms with E-state index in [9.17, 15) is 9.59 Å². The van der Waals surface area contributed by atoms with Crippen molar-refractivity contribution in [1.82, 2.24) is 4.90 Å². The number of fused-ring (bicyclic) bond motifs is 1. The van der Waals surface area contributed by atoms with Gasteiger partial charge in [0.05, 0.1) is 0 Å². The molecule has 1 aliphatic rings. The zero-order valence-corrected chi connectivity index (χ0v) is 7.77. The monoisotopic (exact) mass is 189 g/mol. The van der Waals surface area contributed by atoms with Crippen molar-refractivity contribution in [2.24, 2.45) is 0 Å². The maximum atomic E-state index is 11.8. The third-order valence-electron chi connectivity index (χ3n) is 2.48. The highest BCUT2D eigenvalue weighted by Gasteiger charge is 2.20. The number of carbonyl (C=O) groups excluding carboxylic acids is 2. The normalized spacial score (nSPS) is 16.0. The van der Waals surface area contributed by atoms with Crippen molar-refractivity contribution in [3.63, 3.8) is 0 Å². The predicted molar refractivity (Wildman–Crippen MR) is 51.9 cm³/mol. The van der Waals surface area contributed by atoms with Gasteiger partial charge in [0.1, 0.15) is 0 Å². The summed E-state index contributed by atoms with van der Waals surface area (Å²) in [6.45, 7) is 0.525. The Morgan fingerprint density at radius 2 is 2.07 bits per heavy atom. The molecule has 0 spiro atoms. The van der Waals surface area contributed by atoms with Gasteiger partial charge in [-0.05, 0) is 24.5 Å². The maximum Gasteiger partial charge on any atom is 0.260 e. The van der Waals surface area contributed by atoms with Crippen LogP contribution in [0.15, 0.2) is 24.3 Å². The zero-order chi connectivity index (χ0) is 9.97. The smallest absolute Gasteiger partial charge is 0.260 e. The number of carbonyl (C=O) groups is 2. The quantitative estimate of drug-likeness (QED) is 0.623. The summed E-state index contributed by atoms with van der Waals surface area (Å²) in [6, 6.07) is 7.47. The van der Waals surface area contributed by atoms with Crippen LogP contribution in [0.5, 0.6) is 0 Å². The summed E-state index contributed by atoms with van der Waals surface area (Å²) >= 11 is 0. The van der Waals surface area contributed by atoms with Gasteiger partial charge in [0.2, 0.25) is 6.41 Å². The lowest BCUT2D eigenvalue weighted by Crippen LogP contribution is -2.29. The minimum atomic E-state index is -0.173. The van der Waals surface area contributed by atoms with Gasteiger partial charge in [-0.3, -0.25) is 14.5 Å². The first-order valence-corrected chi connectivity index (χ1v) is 4.67. The maximum absolute atomic E-state index is 11.8. The lowest BCUT2D eigenvalue weighted by molar-refractivity contribution is -0.115. The molecular weight excluding hydrogens is 178 g/mol. The lowest BCUT2D eigenvalue weighted by atomic mass is 10.0. The van der Waals surface area contributed by atoms with Gasteiger partial charge in [0.15, 0.2) is 0 Å². The molecule has 0 aromatic heterocycles. The number of amides is 2. The van der Waals surface area contributed by atoms with Crippen LogP contribution in [0.4, 0.5) is 0 Å². The van der Waals surface area contributed by atoms with Gasteiger partial charge in [-0.1, -0.05) is 18.2 Å². The van der Waals surface area contributed by atoms with Crippen LogP contribution in [0.1, 0.15) is 22.3 Å². The summed E-state index contributed by atoms with van der Waals surface area (Å²) in [5.41, 5.74) is 1.71. The van der Waals surface area contributed by atoms with Gasteiger partial charge >= 0.3 is 0 Å². The summed E-state index contributed by atoms with van der Waals surface area (Å²) in [4.78, 5) is 23.6. The number of rotatable bonds is 1. The van der Waals surface area contributed by atoms with E-state index in [1.165, 1.54) is 4.90 Å². The number of hydrogen-bond donors (Lipinski definition) is 0. The molecule has 2 amide bonds. The average molecular weight is 189 g/mol. The van der Waals surface area contributed by atoms with Gasteiger partial charge in [0.25, 0.3) is 5.91 Å². The Labute approximate surface area is 82.3 Å². The summed E-state index contributed by atoms with van der Waals surface area (Å²) in [5.74, 6) is -0.173. The number of benzene rings is 1. The van der Waals surface area contributed by atoms with E-state index >= 15 is 0 Å². The van der Waals surface area contributed by atoms with E-state index < -0.39 is 0 Å². The van der Waals surface area contributed by atoms with E-state index in [2.05, 4.69) is 0 Å². The number of imide groups is 1. The minimum absolute atomic E-state index is 0.173. The van der Waals surface area contributed by atoms with Crippen LogP contribution in [0.3, 0.4) is 0 Å². The molecule has 1 aliphatic heterocycles. The molecule has 0 aliphatic carbocycles. The fourth-order valence-electron chi connectivity index (χ4n) is 1.74. The highest BCUT2D eigenvalue weighted by atomic mass is 16.2. The van der Waals surface area contributed by atoms with Crippen LogP contribution in [0.25, 0.3) is 0 Å². The van der Waals surface area contributed by atoms with E-state index in [1.807, 2.05) is 18.2 Å². The van der Waals surface area contributed by atoms with Crippen LogP contribution < -0.4 is 0 Å². The molecule has 14 heavy (non-hydrogen) atoms. The summed E-state index contributed by atoms with van der Waals surface area (Å²) < 4.78 is 0. The molecular formula is C11H11NO2. The fraction of sp³-hybridized carbons (Fsp3) is 0.273. The Morgan fingerprint density at radius 1 is 1.29 bits per heavy atom. The molecule has 0 radical (unpaired) electrons. The largest absolute Gasteiger partial charge is 0.281 e. The molecule has 0 atom stereocenters. The Hall–Kier alpha value is -1.64. The van der Waals surface area contributed by atoms with Crippen LogP contribution >= 0.6 is 0 Å². The topological polar surface area (TPSA) is 37.4 Å². The van der Waals surface area contributed by atoms with Crippen LogP contribution in [-0.2, 0) is 11.2 Å². The molecule has 0 fully saturated rings. The molecule has 72 valence electrons. The molecule has 0 N–H and O–H groups in total. The molecule has 1 aromatic carbocycles. The molecule has 0 unspecified atom stereocenters. The van der Waals surface area contributed by atoms with Crippen molar-refractivity contribution < 1.29 is 9.59 Å². The molecule has 1 aromatic rings. The van der Waals surface area contributed by atoms with E-state index in [0.717, 1.165) is 18.4 Å². The number of aryl methyl sites for hydroxylation is 1. The van der Waals surface area contributed by atoms with Crippen molar-refractivity contribution in [3.05, 3.63) is 35.4 Å². The van der Waals surface area contributed by atoms with E-state index in [1.54, 1.807) is 6.07 Å². The lowest BCUT2D eigenvalue weighted by Gasteiger charge is -2.11. The second-order valence-corrected chi connectivity index (χ2v) is 3.36. The highest BCUT2D eigenvalue weighted by molar-refractivity contribution is 6.01. The van der Waals surface area contributed by atoms with Crippen molar-refractivity contribution >= 4 is 12.3 Å². The van der Waals surface area contributed by atoms with E-state index in [-0.39, 0.29) is 5.91 Å². The second kappa shape index (κ2) is 3.62. The molecule has 0 bridgehead atoms. The molecule has 0 saturated heterocycles. The SMILES string of the molecule is O=CN1CCCc2ccccc2C1=O. The number of hydrogen-bond acceptors (Lipinski definition) is 2. The first-order chi connectivity index (χ1) is 6.83. The van der Waals surface area contributed by atoms with Gasteiger partial charge in [0, 0.05) is 12.1 Å².